The van der Waals surface area contributed by atoms with Gasteiger partial charge in [0.15, 0.2) is 0 Å². The number of carbonyl (C=O) groups excluding carboxylic acids is 2. The van der Waals surface area contributed by atoms with Gasteiger partial charge in [0.05, 0.1) is 12.5 Å². The van der Waals surface area contributed by atoms with Gasteiger partial charge in [-0.1, -0.05) is 38.8 Å². The maximum absolute atomic E-state index is 12.5. The summed E-state index contributed by atoms with van der Waals surface area (Å²) in [5.41, 5.74) is 14.6. The summed E-state index contributed by atoms with van der Waals surface area (Å²) in [6.07, 6.45) is 9.56. The lowest BCUT2D eigenvalue weighted by atomic mass is 9.80. The number of benzene rings is 2. The molecule has 0 amide bonds. The van der Waals surface area contributed by atoms with Crippen LogP contribution < -0.4 is 16.2 Å². The van der Waals surface area contributed by atoms with Crippen molar-refractivity contribution in [3.05, 3.63) is 59.7 Å². The van der Waals surface area contributed by atoms with Gasteiger partial charge in [-0.2, -0.15) is 0 Å². The number of nitrogens with two attached hydrogens (primary N) is 2. The van der Waals surface area contributed by atoms with Crippen LogP contribution in [0.4, 0.5) is 11.4 Å². The molecule has 0 heterocycles. The summed E-state index contributed by atoms with van der Waals surface area (Å²) in [5.74, 6) is 0.671. The molecular weight excluding hydrogens is 428 g/mol. The molecule has 0 aromatic heterocycles. The summed E-state index contributed by atoms with van der Waals surface area (Å²) in [7, 11) is 0. The fourth-order valence-corrected chi connectivity index (χ4v) is 4.44. The summed E-state index contributed by atoms with van der Waals surface area (Å²) in [4.78, 5) is 24.6. The van der Waals surface area contributed by atoms with Crippen molar-refractivity contribution < 1.29 is 19.1 Å². The molecule has 2 aromatic carbocycles. The van der Waals surface area contributed by atoms with E-state index in [4.69, 9.17) is 20.9 Å². The molecular formula is C28H36N2O4. The number of rotatable bonds is 9. The molecule has 1 saturated carbocycles. The number of esters is 2. The lowest BCUT2D eigenvalue weighted by Gasteiger charge is -2.26. The van der Waals surface area contributed by atoms with E-state index in [0.29, 0.717) is 17.1 Å². The number of ether oxygens (including phenoxy) is 2. The van der Waals surface area contributed by atoms with Gasteiger partial charge < -0.3 is 20.9 Å². The highest BCUT2D eigenvalue weighted by Crippen LogP contribution is 2.32. The monoisotopic (exact) mass is 464 g/mol. The first-order valence-corrected chi connectivity index (χ1v) is 12.2. The van der Waals surface area contributed by atoms with E-state index in [1.807, 2.05) is 31.2 Å². The average molecular weight is 465 g/mol. The van der Waals surface area contributed by atoms with E-state index in [9.17, 15) is 9.59 Å². The molecule has 6 nitrogen and oxygen atoms in total. The molecule has 6 heteroatoms. The van der Waals surface area contributed by atoms with Crippen LogP contribution in [0.2, 0.25) is 0 Å². The summed E-state index contributed by atoms with van der Waals surface area (Å²) in [6, 6.07) is 12.5. The lowest BCUT2D eigenvalue weighted by Crippen LogP contribution is -2.25. The first-order valence-electron chi connectivity index (χ1n) is 12.2. The summed E-state index contributed by atoms with van der Waals surface area (Å²) in [5, 5.41) is 0. The Morgan fingerprint density at radius 3 is 2.29 bits per heavy atom. The van der Waals surface area contributed by atoms with E-state index >= 15 is 0 Å². The summed E-state index contributed by atoms with van der Waals surface area (Å²) < 4.78 is 10.9. The van der Waals surface area contributed by atoms with E-state index in [1.165, 1.54) is 18.9 Å². The van der Waals surface area contributed by atoms with Gasteiger partial charge in [0.2, 0.25) is 0 Å². The van der Waals surface area contributed by atoms with Crippen molar-refractivity contribution in [2.24, 2.45) is 11.8 Å². The van der Waals surface area contributed by atoms with Crippen LogP contribution in [0.1, 0.15) is 69.4 Å². The molecule has 1 fully saturated rings. The topological polar surface area (TPSA) is 105 Å². The summed E-state index contributed by atoms with van der Waals surface area (Å²) >= 11 is 0. The van der Waals surface area contributed by atoms with Crippen molar-refractivity contribution >= 4 is 29.4 Å². The van der Waals surface area contributed by atoms with Crippen LogP contribution >= 0.6 is 0 Å². The predicted octanol–water partition coefficient (Wildman–Crippen LogP) is 5.72. The van der Waals surface area contributed by atoms with Gasteiger partial charge in [0, 0.05) is 23.4 Å². The molecule has 182 valence electrons. The Morgan fingerprint density at radius 1 is 1.03 bits per heavy atom. The SMILES string of the molecule is CCCC1CCC(C(=O)Oc2ccc(/C=C/C(=O)OCC(C)c3cc(N)cc(N)c3)cc2)CC1. The molecule has 4 N–H and O–H groups in total. The number of carbonyl (C=O) groups is 2. The Morgan fingerprint density at radius 2 is 1.68 bits per heavy atom. The van der Waals surface area contributed by atoms with Gasteiger partial charge in [-0.3, -0.25) is 4.79 Å². The quantitative estimate of drug-likeness (QED) is 0.213. The third-order valence-electron chi connectivity index (χ3n) is 6.43. The van der Waals surface area contributed by atoms with Gasteiger partial charge in [-0.05, 0) is 79.1 Å². The number of hydrogen-bond donors (Lipinski definition) is 2. The van der Waals surface area contributed by atoms with Crippen LogP contribution in [-0.2, 0) is 14.3 Å². The second-order valence-electron chi connectivity index (χ2n) is 9.29. The third kappa shape index (κ3) is 7.65. The first kappa shape index (κ1) is 25.3. The minimum Gasteiger partial charge on any atom is -0.462 e. The van der Waals surface area contributed by atoms with E-state index in [2.05, 4.69) is 6.92 Å². The lowest BCUT2D eigenvalue weighted by molar-refractivity contribution is -0.140. The number of nitrogen functional groups attached to an aromatic ring is 2. The van der Waals surface area contributed by atoms with Gasteiger partial charge in [0.1, 0.15) is 5.75 Å². The van der Waals surface area contributed by atoms with E-state index < -0.39 is 5.97 Å². The van der Waals surface area contributed by atoms with Gasteiger partial charge in [-0.15, -0.1) is 0 Å². The highest BCUT2D eigenvalue weighted by molar-refractivity contribution is 5.87. The van der Waals surface area contributed by atoms with Crippen LogP contribution in [0, 0.1) is 11.8 Å². The van der Waals surface area contributed by atoms with E-state index in [0.717, 1.165) is 42.7 Å². The predicted molar refractivity (Wildman–Crippen MR) is 136 cm³/mol. The van der Waals surface area contributed by atoms with Crippen molar-refractivity contribution in [3.8, 4) is 5.75 Å². The Labute approximate surface area is 202 Å². The van der Waals surface area contributed by atoms with Gasteiger partial charge in [0.25, 0.3) is 0 Å². The number of anilines is 2. The van der Waals surface area contributed by atoms with Crippen molar-refractivity contribution in [3.63, 3.8) is 0 Å². The zero-order valence-corrected chi connectivity index (χ0v) is 20.2. The largest absolute Gasteiger partial charge is 0.462 e. The van der Waals surface area contributed by atoms with Crippen LogP contribution in [0.3, 0.4) is 0 Å². The maximum atomic E-state index is 12.5. The maximum Gasteiger partial charge on any atom is 0.330 e. The zero-order chi connectivity index (χ0) is 24.5. The average Bonchev–Trinajstić information content (AvgIpc) is 2.82. The number of hydrogen-bond acceptors (Lipinski definition) is 6. The standard InChI is InChI=1S/C28H36N2O4/c1-3-4-20-5-10-22(11-6-20)28(32)34-26-12-7-21(8-13-26)9-14-27(31)33-18-19(2)23-15-24(29)17-25(30)16-23/h7-9,12-17,19-20,22H,3-6,10-11,18,29-30H2,1-2H3/b14-9+. The highest BCUT2D eigenvalue weighted by Gasteiger charge is 2.27. The summed E-state index contributed by atoms with van der Waals surface area (Å²) in [6.45, 7) is 4.38. The third-order valence-corrected chi connectivity index (χ3v) is 6.43. The smallest absolute Gasteiger partial charge is 0.330 e. The molecule has 0 aliphatic heterocycles. The highest BCUT2D eigenvalue weighted by atomic mass is 16.5. The van der Waals surface area contributed by atoms with E-state index in [1.54, 1.807) is 24.3 Å². The Balaban J connectivity index is 1.44. The zero-order valence-electron chi connectivity index (χ0n) is 20.2. The molecule has 2 aromatic rings. The van der Waals surface area contributed by atoms with Crippen molar-refractivity contribution in [1.29, 1.82) is 0 Å². The molecule has 0 spiro atoms. The van der Waals surface area contributed by atoms with Crippen LogP contribution in [0.25, 0.3) is 6.08 Å². The molecule has 0 saturated heterocycles. The van der Waals surface area contributed by atoms with Crippen LogP contribution in [-0.4, -0.2) is 18.5 Å². The minimum absolute atomic E-state index is 0.00592. The fourth-order valence-electron chi connectivity index (χ4n) is 4.44. The van der Waals surface area contributed by atoms with E-state index in [-0.39, 0.29) is 24.4 Å². The molecule has 0 bridgehead atoms. The Kier molecular flexibility index (Phi) is 9.14. The molecule has 1 aliphatic rings. The molecule has 1 atom stereocenters. The van der Waals surface area contributed by atoms with Crippen molar-refractivity contribution in [2.75, 3.05) is 18.1 Å². The molecule has 1 unspecified atom stereocenters. The second kappa shape index (κ2) is 12.3. The fraction of sp³-hybridized carbons (Fsp3) is 0.429. The van der Waals surface area contributed by atoms with Crippen LogP contribution in [0.15, 0.2) is 48.5 Å². The molecule has 0 radical (unpaired) electrons. The second-order valence-corrected chi connectivity index (χ2v) is 9.29. The first-order chi connectivity index (χ1) is 16.3. The van der Waals surface area contributed by atoms with Gasteiger partial charge >= 0.3 is 11.9 Å². The Bertz CT molecular complexity index is 972. The molecule has 3 rings (SSSR count). The van der Waals surface area contributed by atoms with Crippen molar-refractivity contribution in [1.82, 2.24) is 0 Å². The van der Waals surface area contributed by atoms with Gasteiger partial charge in [-0.25, -0.2) is 4.79 Å². The normalized spacial score (nSPS) is 19.0. The van der Waals surface area contributed by atoms with Crippen LogP contribution in [0.5, 0.6) is 5.75 Å². The molecule has 34 heavy (non-hydrogen) atoms. The molecule has 1 aliphatic carbocycles. The Hall–Kier alpha value is -3.28. The minimum atomic E-state index is -0.432. The van der Waals surface area contributed by atoms with Crippen molar-refractivity contribution in [2.45, 2.75) is 58.3 Å².